The van der Waals surface area contributed by atoms with Crippen molar-refractivity contribution >= 4 is 35.6 Å². The van der Waals surface area contributed by atoms with Gasteiger partial charge in [0.15, 0.2) is 5.96 Å². The highest BCUT2D eigenvalue weighted by Gasteiger charge is 2.06. The van der Waals surface area contributed by atoms with Gasteiger partial charge in [-0.05, 0) is 36.8 Å². The summed E-state index contributed by atoms with van der Waals surface area (Å²) >= 11 is 0. The van der Waals surface area contributed by atoms with E-state index in [2.05, 4.69) is 20.6 Å². The number of imidazole rings is 1. The summed E-state index contributed by atoms with van der Waals surface area (Å²) < 4.78 is 28.9. The molecule has 0 radical (unpaired) electrons. The number of hydrogen-bond acceptors (Lipinski definition) is 2. The first-order valence-corrected chi connectivity index (χ1v) is 8.38. The van der Waals surface area contributed by atoms with Crippen LogP contribution < -0.4 is 10.6 Å². The Morgan fingerprint density at radius 1 is 1.22 bits per heavy atom. The van der Waals surface area contributed by atoms with E-state index in [-0.39, 0.29) is 36.1 Å². The van der Waals surface area contributed by atoms with Crippen molar-refractivity contribution in [2.24, 2.45) is 4.99 Å². The zero-order valence-electron chi connectivity index (χ0n) is 15.2. The van der Waals surface area contributed by atoms with Crippen molar-refractivity contribution in [1.82, 2.24) is 20.0 Å². The number of guanidine groups is 1. The van der Waals surface area contributed by atoms with E-state index in [0.717, 1.165) is 35.5 Å². The number of nitrogens with one attached hydrogen (secondary N) is 2. The van der Waals surface area contributed by atoms with Crippen LogP contribution in [0.25, 0.3) is 5.65 Å². The average Bonchev–Trinajstić information content (AvgIpc) is 3.05. The summed E-state index contributed by atoms with van der Waals surface area (Å²) in [5.74, 6) is -0.392. The van der Waals surface area contributed by atoms with E-state index in [9.17, 15) is 8.78 Å². The van der Waals surface area contributed by atoms with E-state index >= 15 is 0 Å². The van der Waals surface area contributed by atoms with Crippen molar-refractivity contribution in [3.63, 3.8) is 0 Å². The second-order valence-electron chi connectivity index (χ2n) is 5.99. The minimum absolute atomic E-state index is 0. The van der Waals surface area contributed by atoms with Gasteiger partial charge in [0, 0.05) is 44.5 Å². The van der Waals surface area contributed by atoms with Gasteiger partial charge in [0.1, 0.15) is 17.3 Å². The van der Waals surface area contributed by atoms with Crippen LogP contribution in [0.3, 0.4) is 0 Å². The number of pyridine rings is 1. The molecule has 0 spiro atoms. The molecule has 2 aromatic heterocycles. The number of hydrogen-bond donors (Lipinski definition) is 2. The van der Waals surface area contributed by atoms with Gasteiger partial charge in [0.2, 0.25) is 0 Å². The number of rotatable bonds is 5. The highest BCUT2D eigenvalue weighted by molar-refractivity contribution is 14.0. The third-order valence-corrected chi connectivity index (χ3v) is 4.08. The number of aliphatic imine (C=N–C) groups is 1. The van der Waals surface area contributed by atoms with Crippen LogP contribution in [0.5, 0.6) is 0 Å². The summed E-state index contributed by atoms with van der Waals surface area (Å²) in [5.41, 5.74) is 3.30. The molecule has 0 aliphatic heterocycles. The van der Waals surface area contributed by atoms with Gasteiger partial charge in [0.25, 0.3) is 0 Å². The highest BCUT2D eigenvalue weighted by atomic mass is 127. The van der Waals surface area contributed by atoms with Crippen LogP contribution in [0, 0.1) is 18.6 Å². The maximum atomic E-state index is 13.7. The molecule has 0 bridgehead atoms. The summed E-state index contributed by atoms with van der Waals surface area (Å²) in [6, 6.07) is 7.41. The zero-order chi connectivity index (χ0) is 18.5. The molecule has 5 nitrogen and oxygen atoms in total. The predicted molar refractivity (Wildman–Crippen MR) is 114 cm³/mol. The number of aromatic nitrogens is 2. The molecule has 0 aliphatic carbocycles. The molecule has 2 N–H and O–H groups in total. The molecule has 0 atom stereocenters. The number of benzene rings is 1. The van der Waals surface area contributed by atoms with Crippen LogP contribution in [0.4, 0.5) is 8.78 Å². The Balaban J connectivity index is 0.00000261. The number of nitrogens with zero attached hydrogens (tertiary/aromatic N) is 3. The van der Waals surface area contributed by atoms with E-state index in [0.29, 0.717) is 12.5 Å². The molecule has 2 heterocycles. The van der Waals surface area contributed by atoms with E-state index in [4.69, 9.17) is 0 Å². The van der Waals surface area contributed by atoms with E-state index in [1.54, 1.807) is 7.05 Å². The number of fused-ring (bicyclic) bond motifs is 1. The van der Waals surface area contributed by atoms with Gasteiger partial charge < -0.3 is 15.0 Å². The highest BCUT2D eigenvalue weighted by Crippen LogP contribution is 2.10. The van der Waals surface area contributed by atoms with E-state index in [1.807, 2.05) is 35.9 Å². The molecule has 1 aromatic carbocycles. The Kier molecular flexibility index (Phi) is 7.52. The normalized spacial score (nSPS) is 11.3. The second-order valence-corrected chi connectivity index (χ2v) is 5.99. The molecule has 27 heavy (non-hydrogen) atoms. The summed E-state index contributed by atoms with van der Waals surface area (Å²) in [4.78, 5) is 8.72. The Hall–Kier alpha value is -2.23. The Morgan fingerprint density at radius 2 is 2.04 bits per heavy atom. The van der Waals surface area contributed by atoms with E-state index < -0.39 is 11.6 Å². The monoisotopic (exact) mass is 485 g/mol. The van der Waals surface area contributed by atoms with Crippen LogP contribution in [0.2, 0.25) is 0 Å². The van der Waals surface area contributed by atoms with Crippen LogP contribution in [0.15, 0.2) is 47.7 Å². The average molecular weight is 485 g/mol. The van der Waals surface area contributed by atoms with E-state index in [1.165, 1.54) is 6.07 Å². The Bertz CT molecular complexity index is 939. The lowest BCUT2D eigenvalue weighted by Crippen LogP contribution is -2.38. The van der Waals surface area contributed by atoms with Crippen LogP contribution in [-0.2, 0) is 13.0 Å². The Morgan fingerprint density at radius 3 is 2.78 bits per heavy atom. The van der Waals surface area contributed by atoms with Crippen molar-refractivity contribution < 1.29 is 8.78 Å². The van der Waals surface area contributed by atoms with Gasteiger partial charge in [-0.25, -0.2) is 13.8 Å². The van der Waals surface area contributed by atoms with Crippen molar-refractivity contribution in [2.45, 2.75) is 19.9 Å². The first-order chi connectivity index (χ1) is 12.6. The summed E-state index contributed by atoms with van der Waals surface area (Å²) in [7, 11) is 1.63. The molecule has 0 aliphatic rings. The molecule has 8 heteroatoms. The van der Waals surface area contributed by atoms with Gasteiger partial charge in [0.05, 0.1) is 5.69 Å². The SMILES string of the molecule is CN=C(NCCc1cn2cccc(C)c2n1)NCc1cc(F)ccc1F.I. The molecule has 0 saturated carbocycles. The summed E-state index contributed by atoms with van der Waals surface area (Å²) in [6.45, 7) is 2.80. The molecule has 3 rings (SSSR count). The van der Waals surface area contributed by atoms with Gasteiger partial charge in [-0.1, -0.05) is 6.07 Å². The minimum Gasteiger partial charge on any atom is -0.356 e. The predicted octanol–water partition coefficient (Wildman–Crippen LogP) is 3.45. The molecular formula is C19H22F2IN5. The van der Waals surface area contributed by atoms with Crippen LogP contribution in [-0.4, -0.2) is 28.9 Å². The number of halogens is 3. The van der Waals surface area contributed by atoms with Crippen LogP contribution in [0.1, 0.15) is 16.8 Å². The fourth-order valence-electron chi connectivity index (χ4n) is 2.71. The quantitative estimate of drug-likeness (QED) is 0.331. The summed E-state index contributed by atoms with van der Waals surface area (Å²) in [5, 5.41) is 6.14. The molecule has 0 saturated heterocycles. The van der Waals surface area contributed by atoms with Crippen LogP contribution >= 0.6 is 24.0 Å². The van der Waals surface area contributed by atoms with Gasteiger partial charge in [-0.2, -0.15) is 0 Å². The first kappa shape index (κ1) is 21.1. The van der Waals surface area contributed by atoms with Gasteiger partial charge in [-0.15, -0.1) is 24.0 Å². The lowest BCUT2D eigenvalue weighted by atomic mass is 10.2. The number of aryl methyl sites for hydroxylation is 1. The third kappa shape index (κ3) is 5.38. The third-order valence-electron chi connectivity index (χ3n) is 4.08. The van der Waals surface area contributed by atoms with Crippen molar-refractivity contribution in [3.8, 4) is 0 Å². The molecule has 0 unspecified atom stereocenters. The maximum absolute atomic E-state index is 13.7. The van der Waals surface area contributed by atoms with Crippen molar-refractivity contribution in [1.29, 1.82) is 0 Å². The maximum Gasteiger partial charge on any atom is 0.191 e. The largest absolute Gasteiger partial charge is 0.356 e. The van der Waals surface area contributed by atoms with Gasteiger partial charge >= 0.3 is 0 Å². The smallest absolute Gasteiger partial charge is 0.191 e. The molecule has 0 fully saturated rings. The van der Waals surface area contributed by atoms with Crippen molar-refractivity contribution in [3.05, 3.63) is 71.2 Å². The standard InChI is InChI=1S/C19H21F2N5.HI/c1-13-4-3-9-26-12-16(25-18(13)26)7-8-23-19(22-2)24-11-14-10-15(20)5-6-17(14)21;/h3-6,9-10,12H,7-8,11H2,1-2H3,(H2,22,23,24);1H. The zero-order valence-corrected chi connectivity index (χ0v) is 17.5. The second kappa shape index (κ2) is 9.63. The fourth-order valence-corrected chi connectivity index (χ4v) is 2.71. The first-order valence-electron chi connectivity index (χ1n) is 8.38. The topological polar surface area (TPSA) is 53.7 Å². The Labute approximate surface area is 173 Å². The molecule has 144 valence electrons. The lowest BCUT2D eigenvalue weighted by Gasteiger charge is -2.12. The van der Waals surface area contributed by atoms with Crippen molar-refractivity contribution in [2.75, 3.05) is 13.6 Å². The summed E-state index contributed by atoms with van der Waals surface area (Å²) in [6.07, 6.45) is 4.69. The lowest BCUT2D eigenvalue weighted by molar-refractivity contribution is 0.581. The fraction of sp³-hybridized carbons (Fsp3) is 0.263. The minimum atomic E-state index is -0.465. The van der Waals surface area contributed by atoms with Gasteiger partial charge in [-0.3, -0.25) is 4.99 Å². The molecular weight excluding hydrogens is 463 g/mol. The molecule has 3 aromatic rings. The molecule has 0 amide bonds.